The predicted molar refractivity (Wildman–Crippen MR) is 195 cm³/mol. The number of halogens is 1. The Hall–Kier alpha value is -4.55. The van der Waals surface area contributed by atoms with Crippen LogP contribution in [-0.4, -0.2) is 80.7 Å². The van der Waals surface area contributed by atoms with E-state index >= 15 is 0 Å². The molecule has 0 aromatic carbocycles. The number of nitro groups is 2. The Morgan fingerprint density at radius 3 is 1.84 bits per heavy atom. The molecule has 0 unspecified atom stereocenters. The summed E-state index contributed by atoms with van der Waals surface area (Å²) >= 11 is 8.98. The highest BCUT2D eigenvalue weighted by atomic mass is 35.5. The lowest BCUT2D eigenvalue weighted by molar-refractivity contribution is -0.385. The molecule has 0 saturated carbocycles. The molecule has 0 spiro atoms. The zero-order valence-electron chi connectivity index (χ0n) is 28.5. The van der Waals surface area contributed by atoms with Crippen LogP contribution >= 0.6 is 34.3 Å². The van der Waals surface area contributed by atoms with Crippen molar-refractivity contribution < 1.29 is 28.9 Å². The number of rotatable bonds is 11. The van der Waals surface area contributed by atoms with Crippen LogP contribution in [0.15, 0.2) is 35.3 Å². The second-order valence-electron chi connectivity index (χ2n) is 11.4. The average Bonchev–Trinajstić information content (AvgIpc) is 3.97. The van der Waals surface area contributed by atoms with Gasteiger partial charge in [-0.15, -0.1) is 34.3 Å². The first-order valence-electron chi connectivity index (χ1n) is 16.6. The highest BCUT2D eigenvalue weighted by Gasteiger charge is 2.22. The summed E-state index contributed by atoms with van der Waals surface area (Å²) in [6.07, 6.45) is 10.1. The largest absolute Gasteiger partial charge is 0.461 e. The van der Waals surface area contributed by atoms with Crippen LogP contribution in [0, 0.1) is 20.2 Å². The minimum absolute atomic E-state index is 0.0913. The zero-order chi connectivity index (χ0) is 36.8. The number of hydrogen-bond donors (Lipinski definition) is 1. The molecule has 276 valence electrons. The van der Waals surface area contributed by atoms with Crippen LogP contribution in [0.1, 0.15) is 84.7 Å². The first-order valence-corrected chi connectivity index (χ1v) is 18.9. The van der Waals surface area contributed by atoms with Crippen LogP contribution in [0.25, 0.3) is 0 Å². The van der Waals surface area contributed by atoms with Gasteiger partial charge in [0.2, 0.25) is 0 Å². The standard InChI is InChI=1S/C16H20N4O4S.C9H13ClN2S.C7H8N2O4/c1-2-24-15(21)14-8-13(20(22)23)10-19(14)9-12-11-25-16(17-12)18-6-4-3-5-7-18;10-6-8-7-13-9(11-8)12-4-2-1-3-5-12;1-2-13-7(10)6-3-5(4-8-6)9(11)12/h8,10-11H,2-7,9H2,1H3;7H,1-6H2;3-4,8H,2H2,1H3. The summed E-state index contributed by atoms with van der Waals surface area (Å²) < 4.78 is 11.2. The molecular weight excluding hydrogens is 724 g/mol. The van der Waals surface area contributed by atoms with E-state index in [0.717, 1.165) is 60.1 Å². The van der Waals surface area contributed by atoms with Crippen molar-refractivity contribution in [2.75, 3.05) is 49.2 Å². The lowest BCUT2D eigenvalue weighted by atomic mass is 10.1. The zero-order valence-corrected chi connectivity index (χ0v) is 30.8. The van der Waals surface area contributed by atoms with E-state index in [9.17, 15) is 29.8 Å². The highest BCUT2D eigenvalue weighted by Crippen LogP contribution is 2.26. The molecule has 2 aliphatic rings. The number of hydrogen-bond acceptors (Lipinski definition) is 14. The van der Waals surface area contributed by atoms with Gasteiger partial charge in [-0.05, 0) is 52.4 Å². The summed E-state index contributed by atoms with van der Waals surface area (Å²) in [5.41, 5.74) is 1.76. The lowest BCUT2D eigenvalue weighted by Crippen LogP contribution is -2.29. The first kappa shape index (κ1) is 39.2. The quantitative estimate of drug-likeness (QED) is 0.0710. The van der Waals surface area contributed by atoms with Gasteiger partial charge in [0.05, 0.1) is 59.3 Å². The fourth-order valence-corrected chi connectivity index (χ4v) is 7.26. The van der Waals surface area contributed by atoms with Crippen LogP contribution < -0.4 is 9.80 Å². The molecule has 6 heterocycles. The van der Waals surface area contributed by atoms with E-state index in [1.165, 1.54) is 55.4 Å². The third kappa shape index (κ3) is 11.5. The predicted octanol–water partition coefficient (Wildman–Crippen LogP) is 7.04. The third-order valence-electron chi connectivity index (χ3n) is 7.75. The average molecular weight is 765 g/mol. The van der Waals surface area contributed by atoms with Gasteiger partial charge in [-0.3, -0.25) is 20.2 Å². The van der Waals surface area contributed by atoms with Crippen molar-refractivity contribution in [2.45, 2.75) is 64.8 Å². The fraction of sp³-hybridized carbons (Fsp3) is 0.500. The van der Waals surface area contributed by atoms with E-state index in [2.05, 4.69) is 34.9 Å². The second kappa shape index (κ2) is 19.7. The number of nitrogens with one attached hydrogen (secondary N) is 1. The molecule has 19 heteroatoms. The van der Waals surface area contributed by atoms with Gasteiger partial charge < -0.3 is 28.8 Å². The minimum atomic E-state index is -0.587. The van der Waals surface area contributed by atoms with Crippen LogP contribution in [-0.2, 0) is 21.9 Å². The van der Waals surface area contributed by atoms with Crippen LogP contribution in [0.3, 0.4) is 0 Å². The molecule has 2 fully saturated rings. The van der Waals surface area contributed by atoms with Gasteiger partial charge in [0.1, 0.15) is 11.4 Å². The third-order valence-corrected chi connectivity index (χ3v) is 9.93. The number of H-pyrrole nitrogens is 1. The number of carbonyl (C=O) groups excluding carboxylic acids is 2. The summed E-state index contributed by atoms with van der Waals surface area (Å²) in [5, 5.41) is 27.4. The summed E-state index contributed by atoms with van der Waals surface area (Å²) in [6, 6.07) is 2.38. The minimum Gasteiger partial charge on any atom is -0.461 e. The molecule has 51 heavy (non-hydrogen) atoms. The van der Waals surface area contributed by atoms with Crippen molar-refractivity contribution in [3.63, 3.8) is 0 Å². The van der Waals surface area contributed by atoms with Gasteiger partial charge in [-0.2, -0.15) is 0 Å². The molecule has 0 radical (unpaired) electrons. The lowest BCUT2D eigenvalue weighted by Gasteiger charge is -2.25. The van der Waals surface area contributed by atoms with Gasteiger partial charge in [0, 0.05) is 49.1 Å². The number of alkyl halides is 1. The molecule has 6 rings (SSSR count). The van der Waals surface area contributed by atoms with Gasteiger partial charge in [-0.25, -0.2) is 19.6 Å². The maximum atomic E-state index is 12.1. The van der Waals surface area contributed by atoms with Crippen molar-refractivity contribution in [2.24, 2.45) is 0 Å². The van der Waals surface area contributed by atoms with Gasteiger partial charge in [0.15, 0.2) is 10.3 Å². The van der Waals surface area contributed by atoms with Crippen LogP contribution in [0.4, 0.5) is 21.6 Å². The Morgan fingerprint density at radius 1 is 0.824 bits per heavy atom. The van der Waals surface area contributed by atoms with Crippen molar-refractivity contribution in [3.8, 4) is 0 Å². The number of aromatic nitrogens is 4. The van der Waals surface area contributed by atoms with Crippen LogP contribution in [0.2, 0.25) is 0 Å². The molecular formula is C32H41ClN8O8S2. The number of aromatic amines is 1. The van der Waals surface area contributed by atoms with E-state index in [-0.39, 0.29) is 36.0 Å². The SMILES string of the molecule is CCOC(=O)c1cc([N+](=O)[O-])c[nH]1.CCOC(=O)c1cc([N+](=O)[O-])cn1Cc1csc(N2CCCCC2)n1.ClCc1csc(N2CCCCC2)n1. The Morgan fingerprint density at radius 2 is 1.35 bits per heavy atom. The number of ether oxygens (including phenoxy) is 2. The molecule has 2 saturated heterocycles. The highest BCUT2D eigenvalue weighted by molar-refractivity contribution is 7.14. The molecule has 4 aromatic heterocycles. The first-order chi connectivity index (χ1) is 24.6. The summed E-state index contributed by atoms with van der Waals surface area (Å²) in [7, 11) is 0. The van der Waals surface area contributed by atoms with Gasteiger partial charge in [0.25, 0.3) is 11.4 Å². The Kier molecular flexibility index (Phi) is 15.2. The Bertz CT molecular complexity index is 1740. The maximum absolute atomic E-state index is 12.1. The molecule has 16 nitrogen and oxygen atoms in total. The number of anilines is 2. The number of esters is 2. The van der Waals surface area contributed by atoms with Crippen molar-refractivity contribution >= 4 is 67.9 Å². The number of carbonyl (C=O) groups is 2. The molecule has 0 atom stereocenters. The van der Waals surface area contributed by atoms with E-state index in [0.29, 0.717) is 12.4 Å². The van der Waals surface area contributed by atoms with E-state index in [1.807, 2.05) is 5.38 Å². The smallest absolute Gasteiger partial charge is 0.355 e. The normalized spacial score (nSPS) is 14.1. The molecule has 1 N–H and O–H groups in total. The summed E-state index contributed by atoms with van der Waals surface area (Å²) in [6.45, 7) is 8.46. The van der Waals surface area contributed by atoms with Crippen molar-refractivity contribution in [1.29, 1.82) is 0 Å². The number of nitrogens with zero attached hydrogens (tertiary/aromatic N) is 7. The molecule has 2 aliphatic heterocycles. The van der Waals surface area contributed by atoms with E-state index in [1.54, 1.807) is 36.5 Å². The monoisotopic (exact) mass is 764 g/mol. The Labute approximate surface area is 307 Å². The number of piperidine rings is 2. The summed E-state index contributed by atoms with van der Waals surface area (Å²) in [5.74, 6) is -0.623. The van der Waals surface area contributed by atoms with E-state index in [4.69, 9.17) is 16.3 Å². The summed E-state index contributed by atoms with van der Waals surface area (Å²) in [4.78, 5) is 59.4. The fourth-order valence-electron chi connectivity index (χ4n) is 5.28. The van der Waals surface area contributed by atoms with E-state index < -0.39 is 21.8 Å². The van der Waals surface area contributed by atoms with Crippen molar-refractivity contribution in [1.82, 2.24) is 19.5 Å². The van der Waals surface area contributed by atoms with Gasteiger partial charge in [-0.1, -0.05) is 0 Å². The van der Waals surface area contributed by atoms with Gasteiger partial charge >= 0.3 is 11.9 Å². The molecule has 0 amide bonds. The molecule has 0 bridgehead atoms. The topological polar surface area (TPSA) is 192 Å². The number of thiazole rings is 2. The second-order valence-corrected chi connectivity index (χ2v) is 13.4. The molecule has 0 aliphatic carbocycles. The van der Waals surface area contributed by atoms with Crippen LogP contribution in [0.5, 0.6) is 0 Å². The maximum Gasteiger partial charge on any atom is 0.355 e. The molecule has 4 aromatic rings. The van der Waals surface area contributed by atoms with Crippen molar-refractivity contribution in [3.05, 3.63) is 78.3 Å². The Balaban J connectivity index is 0.000000189.